The zero-order valence-corrected chi connectivity index (χ0v) is 14.0. The summed E-state index contributed by atoms with van der Waals surface area (Å²) in [4.78, 5) is 26.4. The highest BCUT2D eigenvalue weighted by atomic mass is 16.5. The molecule has 2 atom stereocenters. The van der Waals surface area contributed by atoms with Crippen LogP contribution in [0.3, 0.4) is 0 Å². The Hall–Kier alpha value is -1.88. The van der Waals surface area contributed by atoms with Crippen LogP contribution < -0.4 is 5.32 Å². The Morgan fingerprint density at radius 3 is 2.30 bits per heavy atom. The molecular formula is C18H24N2O3. The van der Waals surface area contributed by atoms with Gasteiger partial charge in [-0.05, 0) is 24.1 Å². The molecule has 0 aromatic heterocycles. The average Bonchev–Trinajstić information content (AvgIpc) is 2.52. The van der Waals surface area contributed by atoms with Crippen LogP contribution in [-0.4, -0.2) is 42.0 Å². The maximum Gasteiger partial charge on any atom is 0.254 e. The molecule has 1 aromatic rings. The predicted molar refractivity (Wildman–Crippen MR) is 86.9 cm³/mol. The lowest BCUT2D eigenvalue weighted by atomic mass is 9.90. The van der Waals surface area contributed by atoms with Gasteiger partial charge in [-0.3, -0.25) is 9.59 Å². The van der Waals surface area contributed by atoms with Crippen molar-refractivity contribution in [2.24, 2.45) is 5.41 Å². The molecule has 2 fully saturated rings. The van der Waals surface area contributed by atoms with Crippen LogP contribution in [0.1, 0.15) is 43.1 Å². The molecule has 2 aliphatic heterocycles. The number of carbonyl (C=O) groups is 2. The van der Waals surface area contributed by atoms with E-state index in [-0.39, 0.29) is 23.9 Å². The molecule has 0 aliphatic carbocycles. The molecule has 2 amide bonds. The van der Waals surface area contributed by atoms with Gasteiger partial charge in [0.1, 0.15) is 0 Å². The fraction of sp³-hybridized carbons (Fsp3) is 0.556. The zero-order chi connectivity index (χ0) is 16.6. The first-order valence-electron chi connectivity index (χ1n) is 8.14. The fourth-order valence-electron chi connectivity index (χ4n) is 3.03. The largest absolute Gasteiger partial charge is 0.377 e. The average molecular weight is 316 g/mol. The highest BCUT2D eigenvalue weighted by Crippen LogP contribution is 2.32. The maximum absolute atomic E-state index is 12.6. The molecule has 2 unspecified atom stereocenters. The molecule has 2 bridgehead atoms. The third kappa shape index (κ3) is 3.24. The molecule has 1 aromatic carbocycles. The number of morpholine rings is 1. The molecule has 0 spiro atoms. The topological polar surface area (TPSA) is 58.6 Å². The van der Waals surface area contributed by atoms with E-state index in [2.05, 4.69) is 5.32 Å². The monoisotopic (exact) mass is 316 g/mol. The van der Waals surface area contributed by atoms with Gasteiger partial charge in [0.25, 0.3) is 5.91 Å². The van der Waals surface area contributed by atoms with Crippen molar-refractivity contribution in [2.45, 2.75) is 45.8 Å². The quantitative estimate of drug-likeness (QED) is 0.927. The number of carbonyl (C=O) groups excluding carboxylic acids is 2. The van der Waals surface area contributed by atoms with Gasteiger partial charge >= 0.3 is 0 Å². The second-order valence-corrected chi connectivity index (χ2v) is 7.42. The van der Waals surface area contributed by atoms with Gasteiger partial charge in [-0.15, -0.1) is 0 Å². The summed E-state index contributed by atoms with van der Waals surface area (Å²) in [6.45, 7) is 7.44. The van der Waals surface area contributed by atoms with Crippen LogP contribution in [0.25, 0.3) is 0 Å². The van der Waals surface area contributed by atoms with Crippen molar-refractivity contribution in [1.29, 1.82) is 0 Å². The van der Waals surface area contributed by atoms with E-state index in [9.17, 15) is 9.59 Å². The highest BCUT2D eigenvalue weighted by molar-refractivity contribution is 5.95. The summed E-state index contributed by atoms with van der Waals surface area (Å²) >= 11 is 0. The van der Waals surface area contributed by atoms with Gasteiger partial charge in [-0.2, -0.15) is 0 Å². The Labute approximate surface area is 137 Å². The molecule has 1 N–H and O–H groups in total. The number of nitrogens with zero attached hydrogens (tertiary/aromatic N) is 1. The van der Waals surface area contributed by atoms with Gasteiger partial charge < -0.3 is 15.0 Å². The van der Waals surface area contributed by atoms with Gasteiger partial charge in [0.05, 0.1) is 25.3 Å². The first kappa shape index (κ1) is 16.0. The predicted octanol–water partition coefficient (Wildman–Crippen LogP) is 1.96. The molecule has 2 heterocycles. The second kappa shape index (κ2) is 5.96. The number of hydrogen-bond donors (Lipinski definition) is 1. The van der Waals surface area contributed by atoms with Crippen molar-refractivity contribution in [3.8, 4) is 0 Å². The lowest BCUT2D eigenvalue weighted by molar-refractivity contribution is -0.128. The summed E-state index contributed by atoms with van der Waals surface area (Å²) in [5.41, 5.74) is 1.30. The summed E-state index contributed by atoms with van der Waals surface area (Å²) in [7, 11) is 0. The smallest absolute Gasteiger partial charge is 0.254 e. The first-order valence-corrected chi connectivity index (χ1v) is 8.14. The number of hydrogen-bond acceptors (Lipinski definition) is 3. The minimum atomic E-state index is -0.396. The molecule has 2 saturated heterocycles. The van der Waals surface area contributed by atoms with Gasteiger partial charge in [0, 0.05) is 17.5 Å². The van der Waals surface area contributed by atoms with Crippen molar-refractivity contribution in [2.75, 3.05) is 13.2 Å². The molecule has 5 heteroatoms. The summed E-state index contributed by atoms with van der Waals surface area (Å²) in [5, 5.41) is 2.91. The second-order valence-electron chi connectivity index (χ2n) is 7.42. The van der Waals surface area contributed by atoms with Gasteiger partial charge in [0.2, 0.25) is 5.91 Å². The summed E-state index contributed by atoms with van der Waals surface area (Å²) in [5.74, 6) is 0.103. The summed E-state index contributed by atoms with van der Waals surface area (Å²) < 4.78 is 5.41. The van der Waals surface area contributed by atoms with Crippen molar-refractivity contribution in [3.63, 3.8) is 0 Å². The summed E-state index contributed by atoms with van der Waals surface area (Å²) in [6, 6.07) is 7.98. The number of amides is 2. The van der Waals surface area contributed by atoms with Crippen LogP contribution in [0.15, 0.2) is 24.3 Å². The van der Waals surface area contributed by atoms with Crippen LogP contribution in [0.2, 0.25) is 0 Å². The van der Waals surface area contributed by atoms with Crippen LogP contribution in [0.4, 0.5) is 0 Å². The highest BCUT2D eigenvalue weighted by Gasteiger charge is 2.45. The molecule has 3 rings (SSSR count). The van der Waals surface area contributed by atoms with E-state index in [4.69, 9.17) is 4.74 Å². The normalized spacial score (nSPS) is 23.2. The van der Waals surface area contributed by atoms with Gasteiger partial charge in [-0.25, -0.2) is 0 Å². The molecule has 23 heavy (non-hydrogen) atoms. The molecule has 0 radical (unpaired) electrons. The first-order chi connectivity index (χ1) is 10.9. The number of ether oxygens (including phenoxy) is 1. The molecule has 5 nitrogen and oxygen atoms in total. The van der Waals surface area contributed by atoms with E-state index in [0.717, 1.165) is 12.0 Å². The van der Waals surface area contributed by atoms with E-state index in [1.54, 1.807) is 0 Å². The lowest BCUT2D eigenvalue weighted by Gasteiger charge is -2.52. The minimum absolute atomic E-state index is 0.0195. The number of nitrogens with one attached hydrogen (secondary N) is 1. The van der Waals surface area contributed by atoms with Crippen LogP contribution in [-0.2, 0) is 16.1 Å². The third-order valence-electron chi connectivity index (χ3n) is 4.52. The molecular weight excluding hydrogens is 292 g/mol. The van der Waals surface area contributed by atoms with Gasteiger partial charge in [-0.1, -0.05) is 32.9 Å². The van der Waals surface area contributed by atoms with Crippen molar-refractivity contribution in [1.82, 2.24) is 10.2 Å². The van der Waals surface area contributed by atoms with Crippen LogP contribution in [0.5, 0.6) is 0 Å². The SMILES string of the molecule is CC(C)(C)C(=O)NCc1ccc(C(=O)N2C3COCC2C3)cc1. The van der Waals surface area contributed by atoms with E-state index < -0.39 is 5.41 Å². The van der Waals surface area contributed by atoms with Crippen molar-refractivity contribution in [3.05, 3.63) is 35.4 Å². The van der Waals surface area contributed by atoms with E-state index in [1.807, 2.05) is 49.9 Å². The Morgan fingerprint density at radius 1 is 1.17 bits per heavy atom. The van der Waals surface area contributed by atoms with E-state index in [1.165, 1.54) is 0 Å². The Kier molecular flexibility index (Phi) is 4.15. The van der Waals surface area contributed by atoms with E-state index in [0.29, 0.717) is 25.3 Å². The maximum atomic E-state index is 12.6. The third-order valence-corrected chi connectivity index (χ3v) is 4.52. The zero-order valence-electron chi connectivity index (χ0n) is 14.0. The fourth-order valence-corrected chi connectivity index (χ4v) is 3.03. The Morgan fingerprint density at radius 2 is 1.78 bits per heavy atom. The van der Waals surface area contributed by atoms with Crippen molar-refractivity contribution < 1.29 is 14.3 Å². The van der Waals surface area contributed by atoms with Crippen molar-refractivity contribution >= 4 is 11.8 Å². The standard InChI is InChI=1S/C18H24N2O3/c1-18(2,3)17(22)19-9-12-4-6-13(7-5-12)16(21)20-14-8-15(20)11-23-10-14/h4-7,14-15H,8-11H2,1-3H3,(H,19,22). The number of rotatable bonds is 3. The minimum Gasteiger partial charge on any atom is -0.377 e. The number of fused-ring (bicyclic) bond motifs is 2. The lowest BCUT2D eigenvalue weighted by Crippen LogP contribution is -2.65. The van der Waals surface area contributed by atoms with Crippen LogP contribution >= 0.6 is 0 Å². The Bertz CT molecular complexity index is 590. The molecule has 2 aliphatic rings. The van der Waals surface area contributed by atoms with E-state index >= 15 is 0 Å². The van der Waals surface area contributed by atoms with Crippen LogP contribution in [0, 0.1) is 5.41 Å². The van der Waals surface area contributed by atoms with Gasteiger partial charge in [0.15, 0.2) is 0 Å². The molecule has 124 valence electrons. The Balaban J connectivity index is 1.59. The molecule has 0 saturated carbocycles. The summed E-state index contributed by atoms with van der Waals surface area (Å²) in [6.07, 6.45) is 1.06. The number of benzene rings is 1.